The third kappa shape index (κ3) is 4.37. The molecule has 24 heavy (non-hydrogen) atoms. The fourth-order valence-electron chi connectivity index (χ4n) is 2.74. The molecule has 1 aromatic carbocycles. The van der Waals surface area contributed by atoms with Crippen LogP contribution in [0.15, 0.2) is 24.3 Å². The third-order valence-electron chi connectivity index (χ3n) is 4.10. The van der Waals surface area contributed by atoms with Crippen molar-refractivity contribution in [3.63, 3.8) is 0 Å². The topological polar surface area (TPSA) is 56.2 Å². The number of nitrogens with zero attached hydrogens (tertiary/aromatic N) is 2. The largest absolute Gasteiger partial charge is 0.491 e. The first kappa shape index (κ1) is 18.0. The normalized spacial score (nSPS) is 12.3. The van der Waals surface area contributed by atoms with Crippen LogP contribution >= 0.6 is 0 Å². The lowest BCUT2D eigenvalue weighted by atomic mass is 10.1. The quantitative estimate of drug-likeness (QED) is 0.885. The predicted octanol–water partition coefficient (Wildman–Crippen LogP) is 3.24. The maximum absolute atomic E-state index is 12.4. The third-order valence-corrected chi connectivity index (χ3v) is 4.10. The molecular weight excluding hydrogens is 302 g/mol. The molecule has 1 N–H and O–H groups in total. The molecule has 0 spiro atoms. The Kier molecular flexibility index (Phi) is 5.65. The lowest BCUT2D eigenvalue weighted by Gasteiger charge is -2.16. The number of nitrogens with one attached hydrogen (secondary N) is 1. The van der Waals surface area contributed by atoms with Crippen molar-refractivity contribution in [3.05, 3.63) is 46.8 Å². The molecule has 1 aromatic heterocycles. The lowest BCUT2D eigenvalue weighted by molar-refractivity contribution is -0.121. The molecule has 0 aliphatic rings. The van der Waals surface area contributed by atoms with Crippen molar-refractivity contribution < 1.29 is 9.53 Å². The number of hydrogen-bond acceptors (Lipinski definition) is 3. The molecule has 1 atom stereocenters. The summed E-state index contributed by atoms with van der Waals surface area (Å²) in [5.41, 5.74) is 3.97. The van der Waals surface area contributed by atoms with Crippen molar-refractivity contribution in [2.75, 3.05) is 0 Å². The smallest absolute Gasteiger partial charge is 0.225 e. The number of ether oxygens (including phenoxy) is 1. The van der Waals surface area contributed by atoms with Crippen molar-refractivity contribution in [1.82, 2.24) is 15.1 Å². The minimum absolute atomic E-state index is 0.00289. The van der Waals surface area contributed by atoms with Gasteiger partial charge in [0.05, 0.1) is 24.3 Å². The number of carbonyl (C=O) groups is 1. The Morgan fingerprint density at radius 2 is 2.00 bits per heavy atom. The number of amides is 1. The van der Waals surface area contributed by atoms with E-state index < -0.39 is 0 Å². The second-order valence-electron chi connectivity index (χ2n) is 6.48. The van der Waals surface area contributed by atoms with Gasteiger partial charge >= 0.3 is 0 Å². The fraction of sp³-hybridized carbons (Fsp3) is 0.474. The van der Waals surface area contributed by atoms with Gasteiger partial charge in [-0.3, -0.25) is 9.48 Å². The van der Waals surface area contributed by atoms with Gasteiger partial charge in [0.1, 0.15) is 5.75 Å². The summed E-state index contributed by atoms with van der Waals surface area (Å²) in [6.45, 7) is 9.90. The van der Waals surface area contributed by atoms with Crippen LogP contribution in [0, 0.1) is 13.8 Å². The number of benzene rings is 1. The molecule has 0 bridgehead atoms. The maximum atomic E-state index is 12.4. The van der Waals surface area contributed by atoms with Crippen LogP contribution in [0.25, 0.3) is 0 Å². The average Bonchev–Trinajstić information content (AvgIpc) is 2.73. The first-order valence-corrected chi connectivity index (χ1v) is 8.33. The van der Waals surface area contributed by atoms with Crippen LogP contribution in [0.4, 0.5) is 0 Å². The van der Waals surface area contributed by atoms with Crippen molar-refractivity contribution in [3.8, 4) is 5.75 Å². The lowest BCUT2D eigenvalue weighted by Crippen LogP contribution is -2.28. The van der Waals surface area contributed by atoms with E-state index in [1.165, 1.54) is 0 Å². The summed E-state index contributed by atoms with van der Waals surface area (Å²) in [4.78, 5) is 12.4. The number of carbonyl (C=O) groups excluding carboxylic acids is 1. The van der Waals surface area contributed by atoms with Crippen molar-refractivity contribution in [2.24, 2.45) is 7.05 Å². The number of rotatable bonds is 6. The summed E-state index contributed by atoms with van der Waals surface area (Å²) in [7, 11) is 1.90. The molecule has 0 aliphatic carbocycles. The van der Waals surface area contributed by atoms with Gasteiger partial charge in [-0.25, -0.2) is 0 Å². The minimum Gasteiger partial charge on any atom is -0.491 e. The first-order valence-electron chi connectivity index (χ1n) is 8.33. The van der Waals surface area contributed by atoms with Crippen LogP contribution in [0.2, 0.25) is 0 Å². The highest BCUT2D eigenvalue weighted by molar-refractivity contribution is 5.79. The van der Waals surface area contributed by atoms with Crippen LogP contribution in [0.5, 0.6) is 5.75 Å². The molecule has 1 amide bonds. The Bertz CT molecular complexity index is 719. The molecule has 5 nitrogen and oxygen atoms in total. The van der Waals surface area contributed by atoms with E-state index in [9.17, 15) is 4.79 Å². The molecule has 130 valence electrons. The van der Waals surface area contributed by atoms with Crippen molar-refractivity contribution >= 4 is 5.91 Å². The molecule has 0 saturated carbocycles. The molecule has 1 unspecified atom stereocenters. The molecule has 0 fully saturated rings. The van der Waals surface area contributed by atoms with Gasteiger partial charge in [-0.2, -0.15) is 5.10 Å². The van der Waals surface area contributed by atoms with E-state index in [2.05, 4.69) is 10.4 Å². The van der Waals surface area contributed by atoms with Gasteiger partial charge < -0.3 is 10.1 Å². The summed E-state index contributed by atoms with van der Waals surface area (Å²) in [6.07, 6.45) is 0.472. The van der Waals surface area contributed by atoms with Crippen LogP contribution in [-0.4, -0.2) is 21.8 Å². The summed E-state index contributed by atoms with van der Waals surface area (Å²) in [5, 5.41) is 7.42. The minimum atomic E-state index is -0.0782. The number of hydrogen-bond donors (Lipinski definition) is 1. The van der Waals surface area contributed by atoms with Crippen molar-refractivity contribution in [1.29, 1.82) is 0 Å². The molecule has 0 saturated heterocycles. The van der Waals surface area contributed by atoms with E-state index in [1.54, 1.807) is 0 Å². The van der Waals surface area contributed by atoms with E-state index in [0.29, 0.717) is 6.42 Å². The van der Waals surface area contributed by atoms with Crippen molar-refractivity contribution in [2.45, 2.75) is 53.2 Å². The van der Waals surface area contributed by atoms with Gasteiger partial charge in [0.25, 0.3) is 0 Å². The van der Waals surface area contributed by atoms with Gasteiger partial charge in [0.2, 0.25) is 5.91 Å². The molecule has 1 heterocycles. The Balaban J connectivity index is 2.03. The average molecular weight is 329 g/mol. The zero-order chi connectivity index (χ0) is 17.9. The number of aryl methyl sites for hydroxylation is 2. The first-order chi connectivity index (χ1) is 11.3. The Morgan fingerprint density at radius 1 is 1.29 bits per heavy atom. The van der Waals surface area contributed by atoms with E-state index in [-0.39, 0.29) is 18.1 Å². The SMILES string of the molecule is Cc1nn(C)c(C)c1CC(=O)NC(C)c1cccc(OC(C)C)c1. The highest BCUT2D eigenvalue weighted by Gasteiger charge is 2.16. The highest BCUT2D eigenvalue weighted by atomic mass is 16.5. The van der Waals surface area contributed by atoms with E-state index in [1.807, 2.05) is 70.6 Å². The summed E-state index contributed by atoms with van der Waals surface area (Å²) >= 11 is 0. The zero-order valence-corrected chi connectivity index (χ0v) is 15.4. The predicted molar refractivity (Wildman–Crippen MR) is 95.1 cm³/mol. The Morgan fingerprint density at radius 3 is 2.58 bits per heavy atom. The molecule has 2 aromatic rings. The van der Waals surface area contributed by atoms with Gasteiger partial charge in [-0.05, 0) is 52.3 Å². The zero-order valence-electron chi connectivity index (χ0n) is 15.4. The second-order valence-corrected chi connectivity index (χ2v) is 6.48. The molecular formula is C19H27N3O2. The van der Waals surface area contributed by atoms with Gasteiger partial charge in [0, 0.05) is 18.3 Å². The standard InChI is InChI=1S/C19H27N3O2/c1-12(2)24-17-9-7-8-16(10-17)13(3)20-19(23)11-18-14(4)21-22(6)15(18)5/h7-10,12-13H,11H2,1-6H3,(H,20,23). The molecule has 0 radical (unpaired) electrons. The summed E-state index contributed by atoms with van der Waals surface area (Å²) in [6, 6.07) is 7.78. The van der Waals surface area contributed by atoms with E-state index in [0.717, 1.165) is 28.3 Å². The number of aromatic nitrogens is 2. The van der Waals surface area contributed by atoms with Crippen LogP contribution in [0.1, 0.15) is 49.3 Å². The van der Waals surface area contributed by atoms with Gasteiger partial charge in [-0.1, -0.05) is 12.1 Å². The molecule has 5 heteroatoms. The van der Waals surface area contributed by atoms with Gasteiger partial charge in [-0.15, -0.1) is 0 Å². The second kappa shape index (κ2) is 7.51. The Hall–Kier alpha value is -2.30. The Labute approximate surface area is 144 Å². The summed E-state index contributed by atoms with van der Waals surface area (Å²) < 4.78 is 7.53. The van der Waals surface area contributed by atoms with Crippen LogP contribution < -0.4 is 10.1 Å². The molecule has 0 aliphatic heterocycles. The van der Waals surface area contributed by atoms with Crippen LogP contribution in [-0.2, 0) is 18.3 Å². The fourth-order valence-corrected chi connectivity index (χ4v) is 2.74. The summed E-state index contributed by atoms with van der Waals surface area (Å²) in [5.74, 6) is 0.819. The van der Waals surface area contributed by atoms with E-state index in [4.69, 9.17) is 4.74 Å². The van der Waals surface area contributed by atoms with Gasteiger partial charge in [0.15, 0.2) is 0 Å². The maximum Gasteiger partial charge on any atom is 0.225 e. The highest BCUT2D eigenvalue weighted by Crippen LogP contribution is 2.20. The molecule has 2 rings (SSSR count). The monoisotopic (exact) mass is 329 g/mol. The van der Waals surface area contributed by atoms with Crippen LogP contribution in [0.3, 0.4) is 0 Å². The van der Waals surface area contributed by atoms with E-state index >= 15 is 0 Å².